The number of aryl methyl sites for hydroxylation is 3. The maximum absolute atomic E-state index is 11.9. The number of anilines is 1. The second kappa shape index (κ2) is 4.40. The predicted molar refractivity (Wildman–Crippen MR) is 63.8 cm³/mol. The fourth-order valence-corrected chi connectivity index (χ4v) is 1.57. The van der Waals surface area contributed by atoms with Crippen LogP contribution in [0.5, 0.6) is 0 Å². The van der Waals surface area contributed by atoms with Crippen LogP contribution in [0.3, 0.4) is 0 Å². The van der Waals surface area contributed by atoms with Gasteiger partial charge in [-0.3, -0.25) is 14.2 Å². The third kappa shape index (κ3) is 2.35. The average molecular weight is 233 g/mol. The molecular weight excluding hydrogens is 218 g/mol. The van der Waals surface area contributed by atoms with E-state index in [2.05, 4.69) is 15.5 Å². The third-order valence-electron chi connectivity index (χ3n) is 2.46. The molecule has 1 N–H and O–H groups in total. The highest BCUT2D eigenvalue weighted by molar-refractivity contribution is 6.03. The summed E-state index contributed by atoms with van der Waals surface area (Å²) in [4.78, 5) is 11.9. The van der Waals surface area contributed by atoms with Crippen molar-refractivity contribution in [3.63, 3.8) is 0 Å². The Hall–Kier alpha value is -2.11. The Labute approximate surface area is 99.2 Å². The highest BCUT2D eigenvalue weighted by Gasteiger charge is 2.11. The van der Waals surface area contributed by atoms with Crippen molar-refractivity contribution in [1.29, 1.82) is 0 Å². The molecule has 0 saturated carbocycles. The normalized spacial score (nSPS) is 10.5. The van der Waals surface area contributed by atoms with Crippen LogP contribution in [0.2, 0.25) is 0 Å². The first-order valence-electron chi connectivity index (χ1n) is 5.44. The van der Waals surface area contributed by atoms with Gasteiger partial charge in [0.05, 0.1) is 17.5 Å². The van der Waals surface area contributed by atoms with Gasteiger partial charge in [-0.2, -0.15) is 10.2 Å². The van der Waals surface area contributed by atoms with Gasteiger partial charge in [0.25, 0.3) is 5.91 Å². The van der Waals surface area contributed by atoms with Crippen molar-refractivity contribution in [2.45, 2.75) is 20.4 Å². The number of nitrogens with zero attached hydrogens (tertiary/aromatic N) is 4. The first-order valence-corrected chi connectivity index (χ1v) is 5.44. The monoisotopic (exact) mass is 233 g/mol. The SMILES string of the molecule is CCn1cc(C(=O)Nc2cc(C)nn2C)cn1. The number of nitrogens with one attached hydrogen (secondary N) is 1. The molecule has 2 heterocycles. The van der Waals surface area contributed by atoms with Crippen LogP contribution in [0.4, 0.5) is 5.82 Å². The van der Waals surface area contributed by atoms with E-state index in [1.807, 2.05) is 19.9 Å². The van der Waals surface area contributed by atoms with E-state index in [0.717, 1.165) is 12.2 Å². The molecule has 0 spiro atoms. The van der Waals surface area contributed by atoms with Crippen molar-refractivity contribution in [3.8, 4) is 0 Å². The van der Waals surface area contributed by atoms with Gasteiger partial charge in [0.2, 0.25) is 0 Å². The average Bonchev–Trinajstić information content (AvgIpc) is 2.86. The predicted octanol–water partition coefficient (Wildman–Crippen LogP) is 1.20. The standard InChI is InChI=1S/C11H15N5O/c1-4-16-7-9(6-12-16)11(17)13-10-5-8(2)14-15(10)3/h5-7H,4H2,1-3H3,(H,13,17). The number of amides is 1. The molecule has 6 heteroatoms. The maximum Gasteiger partial charge on any atom is 0.259 e. The molecule has 1 amide bonds. The van der Waals surface area contributed by atoms with Gasteiger partial charge in [-0.05, 0) is 13.8 Å². The van der Waals surface area contributed by atoms with Gasteiger partial charge in [0.1, 0.15) is 5.82 Å². The minimum absolute atomic E-state index is 0.173. The Kier molecular flexibility index (Phi) is 2.95. The summed E-state index contributed by atoms with van der Waals surface area (Å²) in [6, 6.07) is 1.82. The van der Waals surface area contributed by atoms with Crippen molar-refractivity contribution in [3.05, 3.63) is 29.7 Å². The molecule has 2 rings (SSSR count). The van der Waals surface area contributed by atoms with Crippen LogP contribution >= 0.6 is 0 Å². The summed E-state index contributed by atoms with van der Waals surface area (Å²) in [6.07, 6.45) is 3.28. The molecule has 0 bridgehead atoms. The molecule has 0 fully saturated rings. The summed E-state index contributed by atoms with van der Waals surface area (Å²) in [7, 11) is 1.79. The Balaban J connectivity index is 2.14. The van der Waals surface area contributed by atoms with E-state index in [-0.39, 0.29) is 5.91 Å². The van der Waals surface area contributed by atoms with E-state index >= 15 is 0 Å². The molecule has 0 atom stereocenters. The van der Waals surface area contributed by atoms with Gasteiger partial charge in [0, 0.05) is 25.9 Å². The van der Waals surface area contributed by atoms with Crippen LogP contribution in [-0.4, -0.2) is 25.5 Å². The topological polar surface area (TPSA) is 64.7 Å². The summed E-state index contributed by atoms with van der Waals surface area (Å²) in [5, 5.41) is 11.0. The maximum atomic E-state index is 11.9. The van der Waals surface area contributed by atoms with Crippen molar-refractivity contribution >= 4 is 11.7 Å². The molecule has 2 aromatic rings. The summed E-state index contributed by atoms with van der Waals surface area (Å²) >= 11 is 0. The lowest BCUT2D eigenvalue weighted by Gasteiger charge is -2.02. The van der Waals surface area contributed by atoms with E-state index in [1.165, 1.54) is 0 Å². The summed E-state index contributed by atoms with van der Waals surface area (Å²) < 4.78 is 3.35. The van der Waals surface area contributed by atoms with Crippen molar-refractivity contribution in [2.24, 2.45) is 7.05 Å². The van der Waals surface area contributed by atoms with Crippen LogP contribution in [0.1, 0.15) is 23.0 Å². The lowest BCUT2D eigenvalue weighted by molar-refractivity contribution is 0.102. The highest BCUT2D eigenvalue weighted by Crippen LogP contribution is 2.10. The number of carbonyl (C=O) groups is 1. The van der Waals surface area contributed by atoms with Gasteiger partial charge < -0.3 is 5.32 Å². The number of hydrogen-bond acceptors (Lipinski definition) is 3. The number of carbonyl (C=O) groups excluding carboxylic acids is 1. The fraction of sp³-hybridized carbons (Fsp3) is 0.364. The number of aromatic nitrogens is 4. The fourth-order valence-electron chi connectivity index (χ4n) is 1.57. The minimum atomic E-state index is -0.173. The number of hydrogen-bond donors (Lipinski definition) is 1. The number of rotatable bonds is 3. The molecular formula is C11H15N5O. The summed E-state index contributed by atoms with van der Waals surface area (Å²) in [5.41, 5.74) is 1.41. The molecule has 6 nitrogen and oxygen atoms in total. The molecule has 0 saturated heterocycles. The Morgan fingerprint density at radius 2 is 2.29 bits per heavy atom. The van der Waals surface area contributed by atoms with Crippen molar-refractivity contribution in [1.82, 2.24) is 19.6 Å². The molecule has 0 unspecified atom stereocenters. The zero-order valence-electron chi connectivity index (χ0n) is 10.1. The smallest absolute Gasteiger partial charge is 0.259 e. The van der Waals surface area contributed by atoms with Crippen LogP contribution < -0.4 is 5.32 Å². The van der Waals surface area contributed by atoms with E-state index in [9.17, 15) is 4.79 Å². The second-order valence-corrected chi connectivity index (χ2v) is 3.83. The lowest BCUT2D eigenvalue weighted by Crippen LogP contribution is -2.13. The highest BCUT2D eigenvalue weighted by atomic mass is 16.1. The van der Waals surface area contributed by atoms with Crippen LogP contribution in [0, 0.1) is 6.92 Å². The molecule has 90 valence electrons. The molecule has 0 aromatic carbocycles. The van der Waals surface area contributed by atoms with E-state index < -0.39 is 0 Å². The molecule has 0 aliphatic rings. The molecule has 0 radical (unpaired) electrons. The van der Waals surface area contributed by atoms with Gasteiger partial charge >= 0.3 is 0 Å². The largest absolute Gasteiger partial charge is 0.307 e. The second-order valence-electron chi connectivity index (χ2n) is 3.83. The van der Waals surface area contributed by atoms with Crippen LogP contribution in [0.25, 0.3) is 0 Å². The third-order valence-corrected chi connectivity index (χ3v) is 2.46. The quantitative estimate of drug-likeness (QED) is 0.866. The minimum Gasteiger partial charge on any atom is -0.307 e. The Morgan fingerprint density at radius 1 is 1.53 bits per heavy atom. The first kappa shape index (κ1) is 11.4. The summed E-state index contributed by atoms with van der Waals surface area (Å²) in [5.74, 6) is 0.504. The molecule has 2 aromatic heterocycles. The van der Waals surface area contributed by atoms with E-state index in [0.29, 0.717) is 11.4 Å². The van der Waals surface area contributed by atoms with E-state index in [4.69, 9.17) is 0 Å². The van der Waals surface area contributed by atoms with Crippen molar-refractivity contribution < 1.29 is 4.79 Å². The van der Waals surface area contributed by atoms with E-state index in [1.54, 1.807) is 28.8 Å². The summed E-state index contributed by atoms with van der Waals surface area (Å²) in [6.45, 7) is 4.60. The molecule has 17 heavy (non-hydrogen) atoms. The zero-order valence-corrected chi connectivity index (χ0v) is 10.1. The van der Waals surface area contributed by atoms with Gasteiger partial charge in [0.15, 0.2) is 0 Å². The van der Waals surface area contributed by atoms with Crippen molar-refractivity contribution in [2.75, 3.05) is 5.32 Å². The van der Waals surface area contributed by atoms with Crippen LogP contribution in [-0.2, 0) is 13.6 Å². The van der Waals surface area contributed by atoms with Gasteiger partial charge in [-0.15, -0.1) is 0 Å². The zero-order chi connectivity index (χ0) is 12.4. The Bertz CT molecular complexity index is 540. The Morgan fingerprint density at radius 3 is 2.82 bits per heavy atom. The lowest BCUT2D eigenvalue weighted by atomic mass is 10.3. The van der Waals surface area contributed by atoms with Gasteiger partial charge in [-0.25, -0.2) is 0 Å². The molecule has 0 aliphatic heterocycles. The molecule has 0 aliphatic carbocycles. The van der Waals surface area contributed by atoms with Gasteiger partial charge in [-0.1, -0.05) is 0 Å². The first-order chi connectivity index (χ1) is 8.10. The van der Waals surface area contributed by atoms with Crippen LogP contribution in [0.15, 0.2) is 18.5 Å².